The Bertz CT molecular complexity index is 1180. The maximum Gasteiger partial charge on any atom is 0.249 e. The molecular weight excluding hydrogens is 907 g/mol. The fraction of sp³-hybridized carbons (Fsp3) is 0.951. The minimum absolute atomic E-state index is 0.256. The summed E-state index contributed by atoms with van der Waals surface area (Å²) in [5, 5.41) is 76.3. The van der Waals surface area contributed by atoms with E-state index in [1.807, 2.05) is 0 Å². The van der Waals surface area contributed by atoms with E-state index in [0.29, 0.717) is 19.3 Å². The van der Waals surface area contributed by atoms with Crippen LogP contribution in [0, 0.1) is 0 Å². The molecule has 72 heavy (non-hydrogen) atoms. The van der Waals surface area contributed by atoms with Crippen molar-refractivity contribution in [1.82, 2.24) is 5.32 Å². The van der Waals surface area contributed by atoms with Gasteiger partial charge in [-0.2, -0.15) is 0 Å². The highest BCUT2D eigenvalue weighted by Crippen LogP contribution is 2.24. The predicted octanol–water partition coefficient (Wildman–Crippen LogP) is 13.5. The van der Waals surface area contributed by atoms with Crippen molar-refractivity contribution in [3.63, 3.8) is 0 Å². The van der Waals surface area contributed by atoms with Crippen molar-refractivity contribution in [2.45, 2.75) is 358 Å². The van der Waals surface area contributed by atoms with Crippen LogP contribution < -0.4 is 5.32 Å². The Morgan fingerprint density at radius 3 is 1.17 bits per heavy atom. The quantitative estimate of drug-likeness (QED) is 0.0215. The van der Waals surface area contributed by atoms with Gasteiger partial charge in [0.2, 0.25) is 5.91 Å². The Hall–Kier alpha value is -1.15. The maximum absolute atomic E-state index is 13.2. The zero-order valence-corrected chi connectivity index (χ0v) is 46.9. The van der Waals surface area contributed by atoms with Crippen LogP contribution in [0.15, 0.2) is 12.2 Å². The summed E-state index contributed by atoms with van der Waals surface area (Å²) in [6.07, 6.45) is 48.4. The van der Waals surface area contributed by atoms with E-state index >= 15 is 0 Å². The van der Waals surface area contributed by atoms with Gasteiger partial charge in [-0.3, -0.25) is 4.79 Å². The first-order chi connectivity index (χ1) is 35.2. The first-order valence-electron chi connectivity index (χ1n) is 31.1. The second-order valence-corrected chi connectivity index (χ2v) is 22.1. The van der Waals surface area contributed by atoms with Gasteiger partial charge < -0.3 is 50.5 Å². The molecule has 11 nitrogen and oxygen atoms in total. The normalized spacial score (nSPS) is 20.0. The van der Waals surface area contributed by atoms with E-state index in [9.17, 15) is 40.5 Å². The lowest BCUT2D eigenvalue weighted by Crippen LogP contribution is -2.60. The molecule has 428 valence electrons. The molecule has 9 unspecified atom stereocenters. The molecule has 9 atom stereocenters. The molecular formula is C61H119NO10. The molecule has 1 aliphatic rings. The van der Waals surface area contributed by atoms with Crippen molar-refractivity contribution >= 4 is 5.91 Å². The number of hydrogen-bond donors (Lipinski definition) is 8. The topological polar surface area (TPSA) is 189 Å². The third kappa shape index (κ3) is 38.4. The third-order valence-electron chi connectivity index (χ3n) is 15.3. The largest absolute Gasteiger partial charge is 0.394 e. The molecule has 11 heteroatoms. The van der Waals surface area contributed by atoms with E-state index in [1.165, 1.54) is 212 Å². The van der Waals surface area contributed by atoms with Gasteiger partial charge in [-0.1, -0.05) is 276 Å². The summed E-state index contributed by atoms with van der Waals surface area (Å²) in [6.45, 7) is 3.50. The molecule has 0 saturated carbocycles. The average molecular weight is 1030 g/mol. The SMILES string of the molecule is CCCCCCCCCCCCC/C=C\CCCCCCCCC(O)C(=O)NC(COC1OC(CO)C(O)C(O)C1O)C(O)C(O)CCCCCCCCCCCCCCCCCCCCCCCCCC. The van der Waals surface area contributed by atoms with Gasteiger partial charge in [0.05, 0.1) is 25.4 Å². The van der Waals surface area contributed by atoms with Crippen LogP contribution in [0.2, 0.25) is 0 Å². The van der Waals surface area contributed by atoms with Crippen LogP contribution in [0.1, 0.15) is 303 Å². The van der Waals surface area contributed by atoms with Crippen LogP contribution in [0.5, 0.6) is 0 Å². The minimum atomic E-state index is -1.66. The van der Waals surface area contributed by atoms with Crippen molar-refractivity contribution in [1.29, 1.82) is 0 Å². The van der Waals surface area contributed by atoms with Crippen LogP contribution >= 0.6 is 0 Å². The van der Waals surface area contributed by atoms with Crippen LogP contribution in [0.4, 0.5) is 0 Å². The Balaban J connectivity index is 2.27. The first kappa shape index (κ1) is 68.9. The molecule has 1 amide bonds. The summed E-state index contributed by atoms with van der Waals surface area (Å²) in [4.78, 5) is 13.2. The van der Waals surface area contributed by atoms with Gasteiger partial charge in [-0.25, -0.2) is 0 Å². The Kier molecular flexibility index (Phi) is 48.4. The van der Waals surface area contributed by atoms with E-state index in [1.54, 1.807) is 0 Å². The minimum Gasteiger partial charge on any atom is -0.394 e. The molecule has 8 N–H and O–H groups in total. The molecule has 1 saturated heterocycles. The van der Waals surface area contributed by atoms with E-state index < -0.39 is 74.2 Å². The van der Waals surface area contributed by atoms with E-state index in [4.69, 9.17) is 9.47 Å². The summed E-state index contributed by atoms with van der Waals surface area (Å²) in [5.41, 5.74) is 0. The number of unbranched alkanes of at least 4 members (excludes halogenated alkanes) is 40. The van der Waals surface area contributed by atoms with Crippen molar-refractivity contribution in [2.24, 2.45) is 0 Å². The number of aliphatic hydroxyl groups is 7. The first-order valence-corrected chi connectivity index (χ1v) is 31.1. The highest BCUT2D eigenvalue weighted by molar-refractivity contribution is 5.80. The molecule has 1 heterocycles. The summed E-state index contributed by atoms with van der Waals surface area (Å²) in [5.74, 6) is -0.696. The third-order valence-corrected chi connectivity index (χ3v) is 15.3. The van der Waals surface area contributed by atoms with E-state index in [2.05, 4.69) is 31.3 Å². The lowest BCUT2D eigenvalue weighted by Gasteiger charge is -2.40. The van der Waals surface area contributed by atoms with Gasteiger partial charge in [-0.05, 0) is 38.5 Å². The van der Waals surface area contributed by atoms with Crippen molar-refractivity contribution in [3.05, 3.63) is 12.2 Å². The number of allylic oxidation sites excluding steroid dienone is 2. The molecule has 0 aromatic carbocycles. The lowest BCUT2D eigenvalue weighted by molar-refractivity contribution is -0.303. The number of nitrogens with one attached hydrogen (secondary N) is 1. The van der Waals surface area contributed by atoms with Crippen LogP contribution in [0.3, 0.4) is 0 Å². The molecule has 0 aliphatic carbocycles. The molecule has 1 rings (SSSR count). The Morgan fingerprint density at radius 2 is 0.806 bits per heavy atom. The zero-order chi connectivity index (χ0) is 52.5. The summed E-state index contributed by atoms with van der Waals surface area (Å²) in [7, 11) is 0. The molecule has 1 fully saturated rings. The number of carbonyl (C=O) groups excluding carboxylic acids is 1. The highest BCUT2D eigenvalue weighted by Gasteiger charge is 2.44. The molecule has 0 aromatic rings. The maximum atomic E-state index is 13.2. The number of rotatable bonds is 54. The van der Waals surface area contributed by atoms with Crippen LogP contribution in [0.25, 0.3) is 0 Å². The second-order valence-electron chi connectivity index (χ2n) is 22.1. The zero-order valence-electron chi connectivity index (χ0n) is 46.9. The number of carbonyl (C=O) groups is 1. The summed E-state index contributed by atoms with van der Waals surface area (Å²) < 4.78 is 11.2. The number of aliphatic hydroxyl groups excluding tert-OH is 7. The van der Waals surface area contributed by atoms with Gasteiger partial charge in [0.25, 0.3) is 0 Å². The van der Waals surface area contributed by atoms with Gasteiger partial charge in [0.1, 0.15) is 36.6 Å². The van der Waals surface area contributed by atoms with Crippen LogP contribution in [-0.2, 0) is 14.3 Å². The lowest BCUT2D eigenvalue weighted by atomic mass is 9.98. The smallest absolute Gasteiger partial charge is 0.249 e. The van der Waals surface area contributed by atoms with Gasteiger partial charge in [0, 0.05) is 0 Å². The van der Waals surface area contributed by atoms with E-state index in [0.717, 1.165) is 51.4 Å². The van der Waals surface area contributed by atoms with Crippen molar-refractivity contribution < 1.29 is 50.0 Å². The molecule has 0 spiro atoms. The van der Waals surface area contributed by atoms with Crippen molar-refractivity contribution in [3.8, 4) is 0 Å². The van der Waals surface area contributed by atoms with Crippen LogP contribution in [-0.4, -0.2) is 110 Å². The summed E-state index contributed by atoms with van der Waals surface area (Å²) in [6, 6.07) is -1.17. The molecule has 0 radical (unpaired) electrons. The van der Waals surface area contributed by atoms with Gasteiger partial charge >= 0.3 is 0 Å². The van der Waals surface area contributed by atoms with Crippen molar-refractivity contribution in [2.75, 3.05) is 13.2 Å². The Labute approximate surface area is 442 Å². The van der Waals surface area contributed by atoms with Gasteiger partial charge in [0.15, 0.2) is 6.29 Å². The Morgan fingerprint density at radius 1 is 0.472 bits per heavy atom. The van der Waals surface area contributed by atoms with E-state index in [-0.39, 0.29) is 6.42 Å². The highest BCUT2D eigenvalue weighted by atomic mass is 16.7. The summed E-state index contributed by atoms with van der Waals surface area (Å²) >= 11 is 0. The monoisotopic (exact) mass is 1030 g/mol. The van der Waals surface area contributed by atoms with Gasteiger partial charge in [-0.15, -0.1) is 0 Å². The molecule has 0 aromatic heterocycles. The number of ether oxygens (including phenoxy) is 2. The second kappa shape index (κ2) is 50.7. The fourth-order valence-electron chi connectivity index (χ4n) is 10.3. The fourth-order valence-corrected chi connectivity index (χ4v) is 10.3. The molecule has 1 aliphatic heterocycles. The average Bonchev–Trinajstić information content (AvgIpc) is 3.38. The number of hydrogen-bond acceptors (Lipinski definition) is 10. The predicted molar refractivity (Wildman–Crippen MR) is 298 cm³/mol. The standard InChI is InChI=1S/C61H119NO10/c1-3-5-7-9-11-13-15-17-19-21-23-25-26-27-29-30-32-34-36-38-40-42-44-46-48-53(64)56(66)52(51-71-61-59(69)58(68)57(67)55(50-63)72-61)62-60(70)54(65)49-47-45-43-41-39-37-35-33-31-28-24-22-20-18-16-14-12-10-8-6-4-2/h31,33,52-59,61,63-69H,3-30,32,34-51H2,1-2H3,(H,62,70)/b33-31-. The molecule has 0 bridgehead atoms. The number of amides is 1.